The summed E-state index contributed by atoms with van der Waals surface area (Å²) in [5, 5.41) is 11.9. The number of hydrogen-bond donors (Lipinski definition) is 1. The predicted octanol–water partition coefficient (Wildman–Crippen LogP) is 2.57. The van der Waals surface area contributed by atoms with E-state index in [-0.39, 0.29) is 0 Å². The minimum Gasteiger partial charge on any atom is -0.487 e. The molecule has 1 N–H and O–H groups in total. The van der Waals surface area contributed by atoms with Crippen LogP contribution in [0.3, 0.4) is 0 Å². The summed E-state index contributed by atoms with van der Waals surface area (Å²) in [6.45, 7) is 0.398. The van der Waals surface area contributed by atoms with Gasteiger partial charge in [0, 0.05) is 18.8 Å². The molecule has 0 atom stereocenters. The van der Waals surface area contributed by atoms with E-state index in [1.165, 1.54) is 0 Å². The van der Waals surface area contributed by atoms with Crippen LogP contribution in [-0.4, -0.2) is 12.0 Å². The van der Waals surface area contributed by atoms with Gasteiger partial charge in [0.25, 0.3) is 0 Å². The molecule has 18 heavy (non-hydrogen) atoms. The number of anilines is 1. The van der Waals surface area contributed by atoms with Crippen molar-refractivity contribution in [2.75, 3.05) is 12.4 Å². The van der Waals surface area contributed by atoms with Gasteiger partial charge < -0.3 is 10.1 Å². The summed E-state index contributed by atoms with van der Waals surface area (Å²) in [7, 11) is 1.82. The van der Waals surface area contributed by atoms with Crippen LogP contribution in [0.15, 0.2) is 42.6 Å². The normalized spacial score (nSPS) is 9.56. The molecule has 0 aliphatic rings. The van der Waals surface area contributed by atoms with Crippen LogP contribution in [0.1, 0.15) is 11.1 Å². The number of para-hydroxylation sites is 1. The van der Waals surface area contributed by atoms with Crippen molar-refractivity contribution in [1.82, 2.24) is 4.98 Å². The molecular weight excluding hydrogens is 226 g/mol. The zero-order valence-corrected chi connectivity index (χ0v) is 10.1. The Morgan fingerprint density at radius 2 is 2.11 bits per heavy atom. The molecule has 0 spiro atoms. The SMILES string of the molecule is CNc1ccc(COc2ccccc2C#N)cn1. The average Bonchev–Trinajstić information content (AvgIpc) is 2.46. The number of rotatable bonds is 4. The Hall–Kier alpha value is -2.54. The zero-order chi connectivity index (χ0) is 12.8. The number of hydrogen-bond acceptors (Lipinski definition) is 4. The summed E-state index contributed by atoms with van der Waals surface area (Å²) in [5.41, 5.74) is 1.50. The van der Waals surface area contributed by atoms with Gasteiger partial charge in [0.2, 0.25) is 0 Å². The highest BCUT2D eigenvalue weighted by Crippen LogP contribution is 2.18. The van der Waals surface area contributed by atoms with Crippen molar-refractivity contribution in [3.63, 3.8) is 0 Å². The third-order valence-electron chi connectivity index (χ3n) is 2.48. The second-order valence-electron chi connectivity index (χ2n) is 3.70. The molecule has 0 aliphatic heterocycles. The summed E-state index contributed by atoms with van der Waals surface area (Å²) < 4.78 is 5.60. The van der Waals surface area contributed by atoms with E-state index in [2.05, 4.69) is 16.4 Å². The second-order valence-corrected chi connectivity index (χ2v) is 3.70. The molecule has 0 fully saturated rings. The molecule has 0 unspecified atom stereocenters. The molecule has 1 aromatic carbocycles. The van der Waals surface area contributed by atoms with Gasteiger partial charge in [-0.15, -0.1) is 0 Å². The van der Waals surface area contributed by atoms with Gasteiger partial charge in [-0.1, -0.05) is 18.2 Å². The standard InChI is InChI=1S/C14H13N3O/c1-16-14-7-6-11(9-17-14)10-18-13-5-3-2-4-12(13)8-15/h2-7,9H,10H2,1H3,(H,16,17). The predicted molar refractivity (Wildman–Crippen MR) is 69.3 cm³/mol. The molecule has 2 aromatic rings. The number of aromatic nitrogens is 1. The van der Waals surface area contributed by atoms with Crippen molar-refractivity contribution < 1.29 is 4.74 Å². The van der Waals surface area contributed by atoms with Gasteiger partial charge in [0.15, 0.2) is 0 Å². The number of benzene rings is 1. The van der Waals surface area contributed by atoms with Crippen molar-refractivity contribution in [2.45, 2.75) is 6.61 Å². The van der Waals surface area contributed by atoms with Gasteiger partial charge in [-0.3, -0.25) is 0 Å². The summed E-state index contributed by atoms with van der Waals surface area (Å²) in [6.07, 6.45) is 1.75. The van der Waals surface area contributed by atoms with Gasteiger partial charge in [0.05, 0.1) is 5.56 Å². The first-order valence-electron chi connectivity index (χ1n) is 5.58. The minimum absolute atomic E-state index is 0.398. The molecule has 0 aliphatic carbocycles. The van der Waals surface area contributed by atoms with Crippen LogP contribution in [0.5, 0.6) is 5.75 Å². The summed E-state index contributed by atoms with van der Waals surface area (Å²) in [5.74, 6) is 1.41. The molecule has 90 valence electrons. The number of nitrogens with zero attached hydrogens (tertiary/aromatic N) is 2. The molecule has 0 radical (unpaired) electrons. The molecule has 0 saturated carbocycles. The first-order valence-corrected chi connectivity index (χ1v) is 5.58. The molecule has 4 nitrogen and oxygen atoms in total. The van der Waals surface area contributed by atoms with Crippen LogP contribution < -0.4 is 10.1 Å². The lowest BCUT2D eigenvalue weighted by molar-refractivity contribution is 0.305. The van der Waals surface area contributed by atoms with Gasteiger partial charge >= 0.3 is 0 Å². The fourth-order valence-electron chi connectivity index (χ4n) is 1.50. The first kappa shape index (κ1) is 11.9. The number of nitrogens with one attached hydrogen (secondary N) is 1. The van der Waals surface area contributed by atoms with Crippen LogP contribution in [0.4, 0.5) is 5.82 Å². The van der Waals surface area contributed by atoms with Gasteiger partial charge in [-0.2, -0.15) is 5.26 Å². The molecular formula is C14H13N3O. The summed E-state index contributed by atoms with van der Waals surface area (Å²) in [4.78, 5) is 4.20. The third kappa shape index (κ3) is 2.77. The van der Waals surface area contributed by atoms with Crippen LogP contribution in [0, 0.1) is 11.3 Å². The average molecular weight is 239 g/mol. The fraction of sp³-hybridized carbons (Fsp3) is 0.143. The minimum atomic E-state index is 0.398. The Morgan fingerprint density at radius 3 is 2.78 bits per heavy atom. The molecule has 1 aromatic heterocycles. The molecule has 0 amide bonds. The van der Waals surface area contributed by atoms with Gasteiger partial charge in [-0.25, -0.2) is 4.98 Å². The van der Waals surface area contributed by atoms with Crippen molar-refractivity contribution >= 4 is 5.82 Å². The maximum absolute atomic E-state index is 8.93. The molecule has 1 heterocycles. The highest BCUT2D eigenvalue weighted by Gasteiger charge is 2.02. The quantitative estimate of drug-likeness (QED) is 0.890. The first-order chi connectivity index (χ1) is 8.83. The lowest BCUT2D eigenvalue weighted by Crippen LogP contribution is -1.99. The van der Waals surface area contributed by atoms with Crippen LogP contribution in [0.2, 0.25) is 0 Å². The van der Waals surface area contributed by atoms with E-state index in [4.69, 9.17) is 10.00 Å². The molecule has 0 bridgehead atoms. The summed E-state index contributed by atoms with van der Waals surface area (Å²) >= 11 is 0. The Kier molecular flexibility index (Phi) is 3.77. The second kappa shape index (κ2) is 5.69. The lowest BCUT2D eigenvalue weighted by Gasteiger charge is -2.07. The maximum atomic E-state index is 8.93. The smallest absolute Gasteiger partial charge is 0.137 e. The van der Waals surface area contributed by atoms with E-state index < -0.39 is 0 Å². The summed E-state index contributed by atoms with van der Waals surface area (Å²) in [6, 6.07) is 13.1. The highest BCUT2D eigenvalue weighted by molar-refractivity contribution is 5.42. The number of ether oxygens (including phenoxy) is 1. The van der Waals surface area contributed by atoms with E-state index in [0.29, 0.717) is 17.9 Å². The van der Waals surface area contributed by atoms with Crippen molar-refractivity contribution in [3.05, 3.63) is 53.7 Å². The van der Waals surface area contributed by atoms with Crippen LogP contribution in [0.25, 0.3) is 0 Å². The Labute approximate surface area is 106 Å². The Morgan fingerprint density at radius 1 is 1.28 bits per heavy atom. The Bertz CT molecular complexity index is 558. The zero-order valence-electron chi connectivity index (χ0n) is 10.1. The largest absolute Gasteiger partial charge is 0.487 e. The maximum Gasteiger partial charge on any atom is 0.137 e. The monoisotopic (exact) mass is 239 g/mol. The third-order valence-corrected chi connectivity index (χ3v) is 2.48. The topological polar surface area (TPSA) is 57.9 Å². The van der Waals surface area contributed by atoms with E-state index in [9.17, 15) is 0 Å². The van der Waals surface area contributed by atoms with Crippen molar-refractivity contribution in [1.29, 1.82) is 5.26 Å². The number of pyridine rings is 1. The van der Waals surface area contributed by atoms with E-state index in [0.717, 1.165) is 11.4 Å². The lowest BCUT2D eigenvalue weighted by atomic mass is 10.2. The Balaban J connectivity index is 2.05. The molecule has 0 saturated heterocycles. The van der Waals surface area contributed by atoms with Crippen LogP contribution in [-0.2, 0) is 6.61 Å². The van der Waals surface area contributed by atoms with E-state index in [1.807, 2.05) is 31.3 Å². The van der Waals surface area contributed by atoms with Crippen molar-refractivity contribution in [2.24, 2.45) is 0 Å². The number of nitriles is 1. The molecule has 4 heteroatoms. The van der Waals surface area contributed by atoms with Crippen molar-refractivity contribution in [3.8, 4) is 11.8 Å². The van der Waals surface area contributed by atoms with Gasteiger partial charge in [-0.05, 0) is 18.2 Å². The molecule has 2 rings (SSSR count). The van der Waals surface area contributed by atoms with Crippen LogP contribution >= 0.6 is 0 Å². The highest BCUT2D eigenvalue weighted by atomic mass is 16.5. The van der Waals surface area contributed by atoms with Gasteiger partial charge in [0.1, 0.15) is 24.2 Å². The van der Waals surface area contributed by atoms with E-state index >= 15 is 0 Å². The van der Waals surface area contributed by atoms with E-state index in [1.54, 1.807) is 18.3 Å². The fourth-order valence-corrected chi connectivity index (χ4v) is 1.50.